The third-order valence-corrected chi connectivity index (χ3v) is 6.26. The van der Waals surface area contributed by atoms with Crippen LogP contribution >= 0.6 is 11.3 Å². The average molecular weight is 397 g/mol. The Hall–Kier alpha value is -2.58. The van der Waals surface area contributed by atoms with E-state index in [-0.39, 0.29) is 11.9 Å². The van der Waals surface area contributed by atoms with Crippen molar-refractivity contribution in [3.63, 3.8) is 0 Å². The standard InChI is InChI=1S/C20H24N6OS/c1-25(2)20(27)18-17(21)14-6-7-15(24-19(14)28-18)16-5-3-4-10-26(16)12-13-11-22-8-9-23-13/h6-9,11,16H,3-5,10,12,21H2,1-2H3. The highest BCUT2D eigenvalue weighted by atomic mass is 32.1. The highest BCUT2D eigenvalue weighted by molar-refractivity contribution is 7.21. The molecule has 7 nitrogen and oxygen atoms in total. The fourth-order valence-electron chi connectivity index (χ4n) is 3.69. The van der Waals surface area contributed by atoms with Crippen LogP contribution in [0.1, 0.15) is 46.4 Å². The monoisotopic (exact) mass is 396 g/mol. The first-order valence-corrected chi connectivity index (χ1v) is 10.3. The first-order chi connectivity index (χ1) is 13.5. The number of nitrogens with zero attached hydrogens (tertiary/aromatic N) is 5. The molecule has 4 heterocycles. The van der Waals surface area contributed by atoms with Crippen LogP contribution in [0.5, 0.6) is 0 Å². The molecule has 0 radical (unpaired) electrons. The summed E-state index contributed by atoms with van der Waals surface area (Å²) < 4.78 is 0. The number of piperidine rings is 1. The second-order valence-electron chi connectivity index (χ2n) is 7.31. The summed E-state index contributed by atoms with van der Waals surface area (Å²) in [5.41, 5.74) is 8.75. The van der Waals surface area contributed by atoms with Crippen molar-refractivity contribution in [1.82, 2.24) is 24.8 Å². The first kappa shape index (κ1) is 18.8. The van der Waals surface area contributed by atoms with Gasteiger partial charge >= 0.3 is 0 Å². The van der Waals surface area contributed by atoms with Crippen molar-refractivity contribution in [3.05, 3.63) is 47.0 Å². The third-order valence-electron chi connectivity index (χ3n) is 5.15. The maximum Gasteiger partial charge on any atom is 0.265 e. The minimum Gasteiger partial charge on any atom is -0.397 e. The number of thiophene rings is 1. The molecule has 3 aromatic heterocycles. The van der Waals surface area contributed by atoms with Crippen LogP contribution in [0.15, 0.2) is 30.7 Å². The molecule has 8 heteroatoms. The van der Waals surface area contributed by atoms with Crippen LogP contribution in [0.2, 0.25) is 0 Å². The van der Waals surface area contributed by atoms with E-state index >= 15 is 0 Å². The van der Waals surface area contributed by atoms with Crippen LogP contribution in [-0.4, -0.2) is 51.3 Å². The Morgan fingerprint density at radius 1 is 1.32 bits per heavy atom. The number of hydrogen-bond acceptors (Lipinski definition) is 7. The van der Waals surface area contributed by atoms with E-state index in [0.717, 1.165) is 41.1 Å². The average Bonchev–Trinajstić information content (AvgIpc) is 3.04. The fraction of sp³-hybridized carbons (Fsp3) is 0.400. The number of carbonyl (C=O) groups excluding carboxylic acids is 1. The number of pyridine rings is 1. The number of nitrogens with two attached hydrogens (primary N) is 1. The number of rotatable bonds is 4. The maximum absolute atomic E-state index is 12.4. The normalized spacial score (nSPS) is 17.7. The second-order valence-corrected chi connectivity index (χ2v) is 8.31. The molecule has 28 heavy (non-hydrogen) atoms. The van der Waals surface area contributed by atoms with Crippen LogP contribution in [0.4, 0.5) is 5.69 Å². The molecule has 3 aromatic rings. The molecule has 1 fully saturated rings. The summed E-state index contributed by atoms with van der Waals surface area (Å²) in [5.74, 6) is -0.0796. The first-order valence-electron chi connectivity index (χ1n) is 9.44. The smallest absolute Gasteiger partial charge is 0.265 e. The number of anilines is 1. The van der Waals surface area contributed by atoms with E-state index in [4.69, 9.17) is 10.7 Å². The Labute approximate surface area is 168 Å². The van der Waals surface area contributed by atoms with Crippen molar-refractivity contribution in [2.75, 3.05) is 26.4 Å². The number of fused-ring (bicyclic) bond motifs is 1. The van der Waals surface area contributed by atoms with Crippen molar-refractivity contribution in [1.29, 1.82) is 0 Å². The molecular weight excluding hydrogens is 372 g/mol. The molecule has 0 spiro atoms. The lowest BCUT2D eigenvalue weighted by Crippen LogP contribution is -2.33. The highest BCUT2D eigenvalue weighted by Gasteiger charge is 2.27. The number of amides is 1. The number of carbonyl (C=O) groups is 1. The zero-order chi connectivity index (χ0) is 19.7. The van der Waals surface area contributed by atoms with Crippen LogP contribution < -0.4 is 5.73 Å². The van der Waals surface area contributed by atoms with E-state index < -0.39 is 0 Å². The van der Waals surface area contributed by atoms with E-state index in [1.165, 1.54) is 24.2 Å². The van der Waals surface area contributed by atoms with Crippen LogP contribution in [0.3, 0.4) is 0 Å². The van der Waals surface area contributed by atoms with Gasteiger partial charge in [-0.05, 0) is 31.5 Å². The van der Waals surface area contributed by atoms with E-state index in [2.05, 4.69) is 20.9 Å². The third kappa shape index (κ3) is 3.57. The molecule has 1 amide bonds. The molecule has 1 aliphatic rings. The van der Waals surface area contributed by atoms with Gasteiger partial charge in [-0.2, -0.15) is 0 Å². The summed E-state index contributed by atoms with van der Waals surface area (Å²) in [4.78, 5) is 31.2. The molecule has 1 aliphatic heterocycles. The quantitative estimate of drug-likeness (QED) is 0.729. The van der Waals surface area contributed by atoms with Gasteiger partial charge in [0.15, 0.2) is 0 Å². The SMILES string of the molecule is CN(C)C(=O)c1sc2nc(C3CCCCN3Cc3cnccn3)ccc2c1N. The predicted molar refractivity (Wildman–Crippen MR) is 111 cm³/mol. The number of nitrogen functional groups attached to an aromatic ring is 1. The summed E-state index contributed by atoms with van der Waals surface area (Å²) >= 11 is 1.38. The Kier molecular flexibility index (Phi) is 5.23. The number of aromatic nitrogens is 3. The van der Waals surface area contributed by atoms with E-state index in [1.54, 1.807) is 31.4 Å². The maximum atomic E-state index is 12.4. The van der Waals surface area contributed by atoms with Crippen molar-refractivity contribution < 1.29 is 4.79 Å². The van der Waals surface area contributed by atoms with Gasteiger partial charge in [0.05, 0.1) is 23.1 Å². The van der Waals surface area contributed by atoms with Crippen LogP contribution in [-0.2, 0) is 6.54 Å². The molecule has 0 bridgehead atoms. The lowest BCUT2D eigenvalue weighted by molar-refractivity contribution is 0.0833. The number of hydrogen-bond donors (Lipinski definition) is 1. The summed E-state index contributed by atoms with van der Waals surface area (Å²) in [6.45, 7) is 1.77. The van der Waals surface area contributed by atoms with Crippen molar-refractivity contribution >= 4 is 33.1 Å². The molecule has 146 valence electrons. The zero-order valence-electron chi connectivity index (χ0n) is 16.1. The van der Waals surface area contributed by atoms with Gasteiger partial charge in [-0.25, -0.2) is 4.98 Å². The molecular formula is C20H24N6OS. The lowest BCUT2D eigenvalue weighted by atomic mass is 9.98. The fourth-order valence-corrected chi connectivity index (χ4v) is 4.82. The summed E-state index contributed by atoms with van der Waals surface area (Å²) in [6, 6.07) is 4.29. The molecule has 1 saturated heterocycles. The molecule has 2 N–H and O–H groups in total. The molecule has 0 aliphatic carbocycles. The van der Waals surface area contributed by atoms with E-state index in [0.29, 0.717) is 10.6 Å². The Balaban J connectivity index is 1.65. The van der Waals surface area contributed by atoms with Crippen LogP contribution in [0.25, 0.3) is 10.2 Å². The second kappa shape index (κ2) is 7.81. The van der Waals surface area contributed by atoms with E-state index in [9.17, 15) is 4.79 Å². The summed E-state index contributed by atoms with van der Waals surface area (Å²) in [6.07, 6.45) is 8.66. The van der Waals surface area contributed by atoms with Gasteiger partial charge in [0.25, 0.3) is 5.91 Å². The Morgan fingerprint density at radius 2 is 2.18 bits per heavy atom. The van der Waals surface area contributed by atoms with Gasteiger partial charge in [-0.1, -0.05) is 6.42 Å². The van der Waals surface area contributed by atoms with E-state index in [1.807, 2.05) is 12.3 Å². The number of likely N-dealkylation sites (tertiary alicyclic amines) is 1. The lowest BCUT2D eigenvalue weighted by Gasteiger charge is -2.35. The topological polar surface area (TPSA) is 88.2 Å². The minimum absolute atomic E-state index is 0.0796. The molecule has 1 atom stereocenters. The van der Waals surface area contributed by atoms with Gasteiger partial charge in [0.2, 0.25) is 0 Å². The van der Waals surface area contributed by atoms with Gasteiger partial charge in [-0.3, -0.25) is 19.7 Å². The predicted octanol–water partition coefficient (Wildman–Crippen LogP) is 3.10. The van der Waals surface area contributed by atoms with Gasteiger partial charge < -0.3 is 10.6 Å². The van der Waals surface area contributed by atoms with Crippen LogP contribution in [0, 0.1) is 0 Å². The molecule has 0 aromatic carbocycles. The van der Waals surface area contributed by atoms with Crippen molar-refractivity contribution in [3.8, 4) is 0 Å². The molecule has 0 saturated carbocycles. The Morgan fingerprint density at radius 3 is 2.93 bits per heavy atom. The summed E-state index contributed by atoms with van der Waals surface area (Å²) in [5, 5.41) is 0.857. The van der Waals surface area contributed by atoms with Crippen molar-refractivity contribution in [2.24, 2.45) is 0 Å². The Bertz CT molecular complexity index is 987. The molecule has 4 rings (SSSR count). The van der Waals surface area contributed by atoms with Gasteiger partial charge in [0.1, 0.15) is 9.71 Å². The zero-order valence-corrected chi connectivity index (χ0v) is 16.9. The van der Waals surface area contributed by atoms with Gasteiger partial charge in [0, 0.05) is 44.6 Å². The van der Waals surface area contributed by atoms with Gasteiger partial charge in [-0.15, -0.1) is 11.3 Å². The summed E-state index contributed by atoms with van der Waals surface area (Å²) in [7, 11) is 3.47. The highest BCUT2D eigenvalue weighted by Crippen LogP contribution is 2.36. The van der Waals surface area contributed by atoms with Crippen molar-refractivity contribution in [2.45, 2.75) is 31.8 Å². The largest absolute Gasteiger partial charge is 0.397 e. The minimum atomic E-state index is -0.0796. The molecule has 1 unspecified atom stereocenters.